The second kappa shape index (κ2) is 6.67. The standard InChI is InChI=1S/C18H15ClN2O2/c1-2-17(22)21-14-6-3-12(4-7-14)15-11-13(5-8-16(15)19)18-20-9-10-23-18/h3-11H,2H2,1H3,(H,21,22). The number of oxazole rings is 1. The Bertz CT molecular complexity index is 812. The number of halogens is 1. The van der Waals surface area contributed by atoms with Crippen molar-refractivity contribution in [3.8, 4) is 22.6 Å². The van der Waals surface area contributed by atoms with E-state index in [-0.39, 0.29) is 5.91 Å². The number of carbonyl (C=O) groups is 1. The number of carbonyl (C=O) groups excluding carboxylic acids is 1. The number of nitrogens with zero attached hydrogens (tertiary/aromatic N) is 1. The summed E-state index contributed by atoms with van der Waals surface area (Å²) in [4.78, 5) is 15.6. The lowest BCUT2D eigenvalue weighted by Gasteiger charge is -2.08. The molecule has 1 amide bonds. The lowest BCUT2D eigenvalue weighted by Crippen LogP contribution is -2.08. The highest BCUT2D eigenvalue weighted by atomic mass is 35.5. The quantitative estimate of drug-likeness (QED) is 0.733. The van der Waals surface area contributed by atoms with Crippen LogP contribution in [-0.4, -0.2) is 10.9 Å². The smallest absolute Gasteiger partial charge is 0.225 e. The number of hydrogen-bond donors (Lipinski definition) is 1. The third-order valence-electron chi connectivity index (χ3n) is 3.45. The molecule has 3 aromatic rings. The maximum atomic E-state index is 11.4. The number of benzene rings is 2. The minimum atomic E-state index is -0.0123. The first-order valence-corrected chi connectivity index (χ1v) is 7.65. The number of rotatable bonds is 4. The van der Waals surface area contributed by atoms with Crippen molar-refractivity contribution < 1.29 is 9.21 Å². The maximum Gasteiger partial charge on any atom is 0.225 e. The van der Waals surface area contributed by atoms with Gasteiger partial charge in [-0.1, -0.05) is 30.7 Å². The van der Waals surface area contributed by atoms with E-state index in [1.54, 1.807) is 6.20 Å². The van der Waals surface area contributed by atoms with Gasteiger partial charge in [0, 0.05) is 28.3 Å². The van der Waals surface area contributed by atoms with E-state index in [4.69, 9.17) is 16.0 Å². The van der Waals surface area contributed by atoms with E-state index >= 15 is 0 Å². The van der Waals surface area contributed by atoms with Crippen LogP contribution in [0.1, 0.15) is 13.3 Å². The largest absolute Gasteiger partial charge is 0.445 e. The van der Waals surface area contributed by atoms with Crippen LogP contribution in [0.4, 0.5) is 5.69 Å². The topological polar surface area (TPSA) is 55.1 Å². The molecule has 0 fully saturated rings. The summed E-state index contributed by atoms with van der Waals surface area (Å²) in [6, 6.07) is 13.2. The van der Waals surface area contributed by atoms with Crippen molar-refractivity contribution in [3.05, 3.63) is 59.9 Å². The normalized spacial score (nSPS) is 10.5. The highest BCUT2D eigenvalue weighted by molar-refractivity contribution is 6.33. The number of nitrogens with one attached hydrogen (secondary N) is 1. The Morgan fingerprint density at radius 1 is 1.17 bits per heavy atom. The van der Waals surface area contributed by atoms with Gasteiger partial charge >= 0.3 is 0 Å². The van der Waals surface area contributed by atoms with Crippen molar-refractivity contribution in [1.82, 2.24) is 4.98 Å². The van der Waals surface area contributed by atoms with Gasteiger partial charge < -0.3 is 9.73 Å². The van der Waals surface area contributed by atoms with E-state index in [1.165, 1.54) is 6.26 Å². The van der Waals surface area contributed by atoms with Crippen LogP contribution in [0, 0.1) is 0 Å². The third kappa shape index (κ3) is 3.43. The van der Waals surface area contributed by atoms with Crippen molar-refractivity contribution in [3.63, 3.8) is 0 Å². The Morgan fingerprint density at radius 2 is 1.91 bits per heavy atom. The molecule has 1 heterocycles. The van der Waals surface area contributed by atoms with Crippen LogP contribution in [0.25, 0.3) is 22.6 Å². The molecule has 0 saturated heterocycles. The van der Waals surface area contributed by atoms with E-state index < -0.39 is 0 Å². The van der Waals surface area contributed by atoms with Gasteiger partial charge in [-0.2, -0.15) is 0 Å². The monoisotopic (exact) mass is 326 g/mol. The number of anilines is 1. The molecule has 0 aliphatic heterocycles. The zero-order valence-corrected chi connectivity index (χ0v) is 13.3. The summed E-state index contributed by atoms with van der Waals surface area (Å²) in [5, 5.41) is 3.47. The first kappa shape index (κ1) is 15.3. The van der Waals surface area contributed by atoms with E-state index in [1.807, 2.05) is 49.4 Å². The van der Waals surface area contributed by atoms with Crippen LogP contribution in [0.2, 0.25) is 5.02 Å². The van der Waals surface area contributed by atoms with Crippen molar-refractivity contribution >= 4 is 23.2 Å². The molecule has 0 unspecified atom stereocenters. The summed E-state index contributed by atoms with van der Waals surface area (Å²) in [6.45, 7) is 1.82. The first-order valence-electron chi connectivity index (χ1n) is 7.27. The molecule has 4 nitrogen and oxygen atoms in total. The van der Waals surface area contributed by atoms with Crippen molar-refractivity contribution in [2.45, 2.75) is 13.3 Å². The van der Waals surface area contributed by atoms with Crippen molar-refractivity contribution in [2.24, 2.45) is 0 Å². The van der Waals surface area contributed by atoms with Gasteiger partial charge in [0.15, 0.2) is 0 Å². The molecular formula is C18H15ClN2O2. The molecule has 0 aliphatic carbocycles. The summed E-state index contributed by atoms with van der Waals surface area (Å²) >= 11 is 6.32. The molecule has 0 spiro atoms. The molecule has 0 atom stereocenters. The van der Waals surface area contributed by atoms with Gasteiger partial charge in [0.25, 0.3) is 0 Å². The van der Waals surface area contributed by atoms with Crippen molar-refractivity contribution in [2.75, 3.05) is 5.32 Å². The molecule has 0 radical (unpaired) electrons. The van der Waals surface area contributed by atoms with Gasteiger partial charge in [0.05, 0.1) is 6.20 Å². The van der Waals surface area contributed by atoms with Gasteiger partial charge in [-0.15, -0.1) is 0 Å². The number of amides is 1. The maximum absolute atomic E-state index is 11.4. The van der Waals surface area contributed by atoms with Crippen LogP contribution in [0.15, 0.2) is 59.3 Å². The van der Waals surface area contributed by atoms with Crippen molar-refractivity contribution in [1.29, 1.82) is 0 Å². The van der Waals surface area contributed by atoms with Gasteiger partial charge in [-0.3, -0.25) is 4.79 Å². The van der Waals surface area contributed by atoms with Crippen LogP contribution in [0.3, 0.4) is 0 Å². The Morgan fingerprint density at radius 3 is 2.57 bits per heavy atom. The van der Waals surface area contributed by atoms with Crippen LogP contribution < -0.4 is 5.32 Å². The zero-order valence-electron chi connectivity index (χ0n) is 12.5. The van der Waals surface area contributed by atoms with E-state index in [2.05, 4.69) is 10.3 Å². The molecule has 2 aromatic carbocycles. The zero-order chi connectivity index (χ0) is 16.2. The van der Waals surface area contributed by atoms with E-state index in [0.29, 0.717) is 17.3 Å². The van der Waals surface area contributed by atoms with Crippen LogP contribution in [0.5, 0.6) is 0 Å². The lowest BCUT2D eigenvalue weighted by molar-refractivity contribution is -0.115. The minimum Gasteiger partial charge on any atom is -0.445 e. The molecule has 5 heteroatoms. The molecule has 1 aromatic heterocycles. The van der Waals surface area contributed by atoms with Gasteiger partial charge in [-0.05, 0) is 35.9 Å². The molecule has 0 aliphatic rings. The second-order valence-electron chi connectivity index (χ2n) is 5.01. The summed E-state index contributed by atoms with van der Waals surface area (Å²) in [5.74, 6) is 0.538. The molecule has 0 saturated carbocycles. The predicted molar refractivity (Wildman–Crippen MR) is 91.3 cm³/mol. The molecule has 23 heavy (non-hydrogen) atoms. The predicted octanol–water partition coefficient (Wildman–Crippen LogP) is 5.01. The second-order valence-corrected chi connectivity index (χ2v) is 5.42. The Hall–Kier alpha value is -2.59. The molecule has 0 bridgehead atoms. The molecule has 116 valence electrons. The highest BCUT2D eigenvalue weighted by Gasteiger charge is 2.09. The van der Waals surface area contributed by atoms with Gasteiger partial charge in [0.1, 0.15) is 6.26 Å². The number of aromatic nitrogens is 1. The highest BCUT2D eigenvalue weighted by Crippen LogP contribution is 2.32. The molecular weight excluding hydrogens is 312 g/mol. The molecule has 3 rings (SSSR count). The van der Waals surface area contributed by atoms with Crippen LogP contribution >= 0.6 is 11.6 Å². The van der Waals surface area contributed by atoms with Gasteiger partial charge in [-0.25, -0.2) is 4.98 Å². The lowest BCUT2D eigenvalue weighted by atomic mass is 10.0. The summed E-state index contributed by atoms with van der Waals surface area (Å²) in [7, 11) is 0. The Labute approximate surface area is 139 Å². The summed E-state index contributed by atoms with van der Waals surface area (Å²) in [5.41, 5.74) is 3.46. The van der Waals surface area contributed by atoms with E-state index in [9.17, 15) is 4.79 Å². The first-order chi connectivity index (χ1) is 11.2. The summed E-state index contributed by atoms with van der Waals surface area (Å²) < 4.78 is 5.32. The fraction of sp³-hybridized carbons (Fsp3) is 0.111. The minimum absolute atomic E-state index is 0.0123. The average Bonchev–Trinajstić information content (AvgIpc) is 3.10. The molecule has 1 N–H and O–H groups in total. The van der Waals surface area contributed by atoms with Crippen LogP contribution in [-0.2, 0) is 4.79 Å². The fourth-order valence-corrected chi connectivity index (χ4v) is 2.45. The fourth-order valence-electron chi connectivity index (χ4n) is 2.23. The third-order valence-corrected chi connectivity index (χ3v) is 3.78. The number of hydrogen-bond acceptors (Lipinski definition) is 3. The average molecular weight is 327 g/mol. The Kier molecular flexibility index (Phi) is 4.44. The van der Waals surface area contributed by atoms with E-state index in [0.717, 1.165) is 22.4 Å². The van der Waals surface area contributed by atoms with Gasteiger partial charge in [0.2, 0.25) is 11.8 Å². The Balaban J connectivity index is 1.92. The summed E-state index contributed by atoms with van der Waals surface area (Å²) in [6.07, 6.45) is 3.59. The SMILES string of the molecule is CCC(=O)Nc1ccc(-c2cc(-c3ncco3)ccc2Cl)cc1.